The summed E-state index contributed by atoms with van der Waals surface area (Å²) in [6.07, 6.45) is -0.00226. The number of carbonyl (C=O) groups is 1. The molecule has 6 nitrogen and oxygen atoms in total. The van der Waals surface area contributed by atoms with Crippen molar-refractivity contribution in [1.29, 1.82) is 0 Å². The van der Waals surface area contributed by atoms with Crippen molar-refractivity contribution in [1.82, 2.24) is 5.32 Å². The summed E-state index contributed by atoms with van der Waals surface area (Å²) in [4.78, 5) is 19.4. The van der Waals surface area contributed by atoms with Crippen LogP contribution in [0.4, 0.5) is 4.39 Å². The van der Waals surface area contributed by atoms with Crippen LogP contribution in [0.15, 0.2) is 111 Å². The Morgan fingerprint density at radius 2 is 1.71 bits per heavy atom. The second-order valence-electron chi connectivity index (χ2n) is 9.89. The molecule has 0 spiro atoms. The van der Waals surface area contributed by atoms with Crippen LogP contribution in [-0.2, 0) is 22.5 Å². The van der Waals surface area contributed by atoms with E-state index in [0.717, 1.165) is 20.1 Å². The Bertz CT molecular complexity index is 1580. The molecule has 1 aliphatic heterocycles. The minimum absolute atomic E-state index is 0.0556. The van der Waals surface area contributed by atoms with Crippen molar-refractivity contribution in [3.63, 3.8) is 0 Å². The van der Waals surface area contributed by atoms with Gasteiger partial charge in [-0.1, -0.05) is 80.4 Å². The first-order valence-corrected chi connectivity index (χ1v) is 15.1. The topological polar surface area (TPSA) is 80.2 Å². The van der Waals surface area contributed by atoms with Crippen molar-refractivity contribution < 1.29 is 23.8 Å². The molecule has 2 atom stereocenters. The van der Waals surface area contributed by atoms with E-state index in [1.165, 1.54) is 12.1 Å². The van der Waals surface area contributed by atoms with Gasteiger partial charge in [0.2, 0.25) is 5.90 Å². The van der Waals surface area contributed by atoms with Gasteiger partial charge in [0.1, 0.15) is 11.6 Å². The highest BCUT2D eigenvalue weighted by molar-refractivity contribution is 9.10. The second-order valence-corrected chi connectivity index (χ2v) is 11.6. The van der Waals surface area contributed by atoms with Crippen molar-refractivity contribution >= 4 is 43.7 Å². The van der Waals surface area contributed by atoms with Crippen LogP contribution in [-0.4, -0.2) is 35.7 Å². The van der Waals surface area contributed by atoms with Crippen LogP contribution in [0.1, 0.15) is 34.8 Å². The van der Waals surface area contributed by atoms with E-state index >= 15 is 0 Å². The minimum Gasteiger partial charge on any atom is -0.494 e. The molecule has 0 fully saturated rings. The van der Waals surface area contributed by atoms with Gasteiger partial charge < -0.3 is 19.9 Å². The van der Waals surface area contributed by atoms with Crippen LogP contribution < -0.4 is 10.1 Å². The van der Waals surface area contributed by atoms with Gasteiger partial charge in [0, 0.05) is 46.1 Å². The number of carbonyl (C=O) groups excluding carboxylic acids is 1. The number of hydrogen-bond acceptors (Lipinski definition) is 5. The van der Waals surface area contributed by atoms with Gasteiger partial charge in [0.05, 0.1) is 6.61 Å². The van der Waals surface area contributed by atoms with Gasteiger partial charge >= 0.3 is 0 Å². The quantitative estimate of drug-likeness (QED) is 0.167. The maximum absolute atomic E-state index is 14.4. The lowest BCUT2D eigenvalue weighted by Gasteiger charge is -2.31. The van der Waals surface area contributed by atoms with Gasteiger partial charge in [-0.15, -0.1) is 0 Å². The number of aliphatic imine (C=N–C) groups is 1. The molecule has 1 amide bonds. The molecule has 0 saturated carbocycles. The number of halogens is 3. The first-order chi connectivity index (χ1) is 20.4. The van der Waals surface area contributed by atoms with Crippen LogP contribution in [0.3, 0.4) is 0 Å². The predicted molar refractivity (Wildman–Crippen MR) is 167 cm³/mol. The van der Waals surface area contributed by atoms with E-state index in [9.17, 15) is 9.18 Å². The summed E-state index contributed by atoms with van der Waals surface area (Å²) in [5.74, 6) is 0.261. The molecule has 5 rings (SSSR count). The van der Waals surface area contributed by atoms with Crippen molar-refractivity contribution in [2.45, 2.75) is 31.0 Å². The number of aliphatic hydroxyl groups is 1. The van der Waals surface area contributed by atoms with E-state index in [-0.39, 0.29) is 31.3 Å². The molecule has 0 radical (unpaired) electrons. The van der Waals surface area contributed by atoms with Crippen molar-refractivity contribution in [2.75, 3.05) is 13.2 Å². The van der Waals surface area contributed by atoms with Crippen LogP contribution in [0.5, 0.6) is 5.75 Å². The summed E-state index contributed by atoms with van der Waals surface area (Å²) in [5.41, 5.74) is 1.59. The number of rotatable bonds is 11. The van der Waals surface area contributed by atoms with Gasteiger partial charge in [0.15, 0.2) is 11.6 Å². The molecule has 0 aliphatic carbocycles. The first kappa shape index (κ1) is 29.9. The molecule has 42 heavy (non-hydrogen) atoms. The molecule has 1 heterocycles. The maximum Gasteiger partial charge on any atom is 0.252 e. The molecule has 9 heteroatoms. The summed E-state index contributed by atoms with van der Waals surface area (Å²) in [6.45, 7) is 0.583. The summed E-state index contributed by atoms with van der Waals surface area (Å²) in [5, 5.41) is 12.0. The summed E-state index contributed by atoms with van der Waals surface area (Å²) >= 11 is 7.30. The average Bonchev–Trinajstić information content (AvgIpc) is 3.38. The fourth-order valence-corrected chi connectivity index (χ4v) is 5.78. The van der Waals surface area contributed by atoms with Gasteiger partial charge in [0.25, 0.3) is 5.91 Å². The standard InChI is InChI=1S/C33H29Br2FN2O4/c34-28-11-3-1-8-24(28)20-33(32(40)37-21-22-7-5-9-25(36)19-22)30(27-10-2-4-12-29(27)35)42-31(38-33)23-13-15-26(16-14-23)41-18-6-17-39/h1-5,7-16,19,30,39H,6,17-18,20-21H2,(H,37,40)/t30-,33-/m1/s1. The molecular weight excluding hydrogens is 667 g/mol. The Hall–Kier alpha value is -3.53. The largest absolute Gasteiger partial charge is 0.494 e. The zero-order chi connectivity index (χ0) is 29.5. The normalized spacial score (nSPS) is 17.8. The molecular formula is C33H29Br2FN2O4. The zero-order valence-electron chi connectivity index (χ0n) is 22.6. The zero-order valence-corrected chi connectivity index (χ0v) is 25.8. The summed E-state index contributed by atoms with van der Waals surface area (Å²) in [7, 11) is 0. The predicted octanol–water partition coefficient (Wildman–Crippen LogP) is 6.93. The number of aliphatic hydroxyl groups excluding tert-OH is 1. The van der Waals surface area contributed by atoms with Crippen LogP contribution in [0.25, 0.3) is 0 Å². The fraction of sp³-hybridized carbons (Fsp3) is 0.212. The minimum atomic E-state index is -1.40. The van der Waals surface area contributed by atoms with Gasteiger partial charge in [-0.3, -0.25) is 4.79 Å². The highest BCUT2D eigenvalue weighted by atomic mass is 79.9. The lowest BCUT2D eigenvalue weighted by molar-refractivity contribution is -0.129. The Balaban J connectivity index is 1.57. The molecule has 4 aromatic rings. The van der Waals surface area contributed by atoms with E-state index < -0.39 is 11.6 Å². The maximum atomic E-state index is 14.4. The molecule has 216 valence electrons. The lowest BCUT2D eigenvalue weighted by atomic mass is 9.82. The Morgan fingerprint density at radius 1 is 0.976 bits per heavy atom. The number of nitrogens with zero attached hydrogens (tertiary/aromatic N) is 1. The average molecular weight is 696 g/mol. The third-order valence-corrected chi connectivity index (χ3v) is 8.47. The smallest absolute Gasteiger partial charge is 0.252 e. The van der Waals surface area contributed by atoms with Crippen LogP contribution >= 0.6 is 31.9 Å². The molecule has 0 unspecified atom stereocenters. The number of benzene rings is 4. The fourth-order valence-electron chi connectivity index (χ4n) is 4.86. The number of amides is 1. The highest BCUT2D eigenvalue weighted by Gasteiger charge is 2.54. The van der Waals surface area contributed by atoms with Crippen LogP contribution in [0.2, 0.25) is 0 Å². The molecule has 0 aromatic heterocycles. The van der Waals surface area contributed by atoms with E-state index in [1.54, 1.807) is 12.1 Å². The first-order valence-electron chi connectivity index (χ1n) is 13.5. The molecule has 2 N–H and O–H groups in total. The Morgan fingerprint density at radius 3 is 2.43 bits per heavy atom. The summed E-state index contributed by atoms with van der Waals surface area (Å²) in [6, 6.07) is 28.8. The van der Waals surface area contributed by atoms with Gasteiger partial charge in [-0.2, -0.15) is 0 Å². The van der Waals surface area contributed by atoms with E-state index in [0.29, 0.717) is 35.8 Å². The molecule has 4 aromatic carbocycles. The van der Waals surface area contributed by atoms with Crippen molar-refractivity contribution in [3.8, 4) is 5.75 Å². The van der Waals surface area contributed by atoms with Crippen molar-refractivity contribution in [2.24, 2.45) is 4.99 Å². The number of nitrogens with one attached hydrogen (secondary N) is 1. The van der Waals surface area contributed by atoms with Crippen LogP contribution in [0, 0.1) is 5.82 Å². The van der Waals surface area contributed by atoms with E-state index in [2.05, 4.69) is 37.2 Å². The highest BCUT2D eigenvalue weighted by Crippen LogP contribution is 2.45. The number of hydrogen-bond donors (Lipinski definition) is 2. The molecule has 1 aliphatic rings. The molecule has 0 bridgehead atoms. The third-order valence-electron chi connectivity index (χ3n) is 6.98. The monoisotopic (exact) mass is 694 g/mol. The van der Waals surface area contributed by atoms with E-state index in [4.69, 9.17) is 19.6 Å². The third kappa shape index (κ3) is 6.75. The SMILES string of the molecule is O=C(NCc1cccc(F)c1)[C@]1(Cc2ccccc2Br)N=C(c2ccc(OCCCO)cc2)O[C@@H]1c1ccccc1Br. The van der Waals surface area contributed by atoms with Gasteiger partial charge in [-0.05, 0) is 59.7 Å². The lowest BCUT2D eigenvalue weighted by Crippen LogP contribution is -2.49. The second kappa shape index (κ2) is 13.6. The Labute approximate surface area is 260 Å². The van der Waals surface area contributed by atoms with E-state index in [1.807, 2.05) is 72.8 Å². The summed E-state index contributed by atoms with van der Waals surface area (Å²) < 4.78 is 27.8. The van der Waals surface area contributed by atoms with Crippen molar-refractivity contribution in [3.05, 3.63) is 134 Å². The van der Waals surface area contributed by atoms with Gasteiger partial charge in [-0.25, -0.2) is 9.38 Å². The molecule has 0 saturated heterocycles. The number of ether oxygens (including phenoxy) is 2. The Kier molecular flexibility index (Phi) is 9.72.